The van der Waals surface area contributed by atoms with E-state index in [0.717, 1.165) is 0 Å². The van der Waals surface area contributed by atoms with Crippen molar-refractivity contribution in [3.05, 3.63) is 0 Å². The van der Waals surface area contributed by atoms with Crippen LogP contribution in [0.25, 0.3) is 0 Å². The van der Waals surface area contributed by atoms with Gasteiger partial charge in [-0.15, -0.1) is 0 Å². The minimum absolute atomic E-state index is 0. The van der Waals surface area contributed by atoms with Crippen LogP contribution < -0.4 is 0 Å². The lowest BCUT2D eigenvalue weighted by Gasteiger charge is -2.34. The first-order valence-electron chi connectivity index (χ1n) is 32.7. The van der Waals surface area contributed by atoms with E-state index >= 15 is 0 Å². The fraction of sp³-hybridized carbons (Fsp3) is 1.00. The van der Waals surface area contributed by atoms with Crippen LogP contribution in [0.3, 0.4) is 0 Å². The van der Waals surface area contributed by atoms with E-state index in [4.69, 9.17) is 0 Å². The molecule has 0 amide bonds. The van der Waals surface area contributed by atoms with Gasteiger partial charge in [0.1, 0.15) is 0 Å². The molecule has 0 aliphatic heterocycles. The summed E-state index contributed by atoms with van der Waals surface area (Å²) in [4.78, 5) is 0. The quantitative estimate of drug-likeness (QED) is 0.0589. The molecule has 12 heteroatoms. The molecule has 0 aromatic heterocycles. The molecule has 0 saturated carbocycles. The Morgan fingerprint density at radius 1 is 0.0921 bits per heavy atom. The third kappa shape index (κ3) is 43.7. The van der Waals surface area contributed by atoms with Crippen LogP contribution in [0, 0.1) is 0 Å². The summed E-state index contributed by atoms with van der Waals surface area (Å²) in [6.07, 6.45) is 0. The fourth-order valence-electron chi connectivity index (χ4n) is 10.7. The lowest BCUT2D eigenvalue weighted by atomic mass is 10.3. The van der Waals surface area contributed by atoms with E-state index in [1.807, 2.05) is 0 Å². The Morgan fingerprint density at radius 3 is 0.118 bits per heavy atom. The van der Waals surface area contributed by atoms with Crippen LogP contribution in [-0.2, 0) is 54.0 Å². The fourth-order valence-corrected chi connectivity index (χ4v) is 10.7. The second-order valence-corrected chi connectivity index (χ2v) is 20.9. The molecule has 0 aliphatic rings. The highest BCUT2D eigenvalue weighted by Crippen LogP contribution is 2.08. The molecule has 0 bridgehead atoms. The van der Waals surface area contributed by atoms with Gasteiger partial charge in [0.05, 0.1) is 209 Å². The van der Waals surface area contributed by atoms with Crippen LogP contribution in [0.4, 0.5) is 0 Å². The van der Waals surface area contributed by atoms with Gasteiger partial charge < -0.3 is 89.8 Å². The van der Waals surface area contributed by atoms with E-state index in [9.17, 15) is 0 Å². The molecular weight excluding hydrogens is 1010 g/mol. The first-order valence-corrected chi connectivity index (χ1v) is 32.7. The third-order valence-electron chi connectivity index (χ3n) is 21.5. The van der Waals surface area contributed by atoms with Crippen molar-refractivity contribution in [2.45, 2.75) is 222 Å². The Bertz CT molecular complexity index is 642. The van der Waals surface area contributed by atoms with E-state index in [2.05, 4.69) is 222 Å². The average molecular weight is 1170 g/mol. The monoisotopic (exact) mass is 1170 g/mol. The molecule has 0 aromatic carbocycles. The summed E-state index contributed by atoms with van der Waals surface area (Å²) < 4.78 is 10.2. The summed E-state index contributed by atoms with van der Waals surface area (Å²) >= 11 is 0. The molecule has 8 nitrogen and oxygen atoms in total. The van der Waals surface area contributed by atoms with Gasteiger partial charge >= 0.3 is 0 Å². The van der Waals surface area contributed by atoms with Gasteiger partial charge in [-0.2, -0.15) is 0 Å². The normalized spacial score (nSPS) is 11.4. The summed E-state index contributed by atoms with van der Waals surface area (Å²) in [5, 5.41) is 0. The minimum Gasteiger partial charge on any atom is -2.00 e. The van der Waals surface area contributed by atoms with Gasteiger partial charge in [0.15, 0.2) is 0 Å². The van der Waals surface area contributed by atoms with E-state index < -0.39 is 0 Å². The smallest absolute Gasteiger partial charge is 0.0757 e. The zero-order chi connectivity index (χ0) is 58.6. The van der Waals surface area contributed by atoms with Crippen LogP contribution in [0.15, 0.2) is 0 Å². The lowest BCUT2D eigenvalue weighted by Crippen LogP contribution is -2.47. The minimum atomic E-state index is 0. The molecule has 0 unspecified atom stereocenters. The van der Waals surface area contributed by atoms with E-state index in [1.54, 1.807) is 0 Å². The van der Waals surface area contributed by atoms with Gasteiger partial charge in [-0.25, -0.2) is 0 Å². The summed E-state index contributed by atoms with van der Waals surface area (Å²) in [5.41, 5.74) is 0. The molecule has 0 rings (SSSR count). The van der Waals surface area contributed by atoms with Crippen molar-refractivity contribution >= 4 is 54.0 Å². The van der Waals surface area contributed by atoms with Crippen LogP contribution in [-0.4, -0.2) is 245 Å². The Hall–Kier alpha value is 1.08. The molecule has 0 atom stereocenters. The Morgan fingerprint density at radius 2 is 0.118 bits per heavy atom. The second kappa shape index (κ2) is 65.2. The predicted molar refractivity (Wildman–Crippen MR) is 369 cm³/mol. The zero-order valence-electron chi connectivity index (χ0n) is 59.8. The van der Waals surface area contributed by atoms with Crippen molar-refractivity contribution in [3.8, 4) is 0 Å². The van der Waals surface area contributed by atoms with Crippen molar-refractivity contribution in [2.75, 3.05) is 209 Å². The van der Waals surface area contributed by atoms with Crippen LogP contribution in [0.2, 0.25) is 0 Å². The number of quaternary nitrogens is 8. The van der Waals surface area contributed by atoms with E-state index in [1.165, 1.54) is 245 Å². The predicted octanol–water partition coefficient (Wildman–Crippen LogP) is 15.1. The summed E-state index contributed by atoms with van der Waals surface area (Å²) in [6.45, 7) is 114. The van der Waals surface area contributed by atoms with Gasteiger partial charge in [-0.1, -0.05) is 0 Å². The summed E-state index contributed by atoms with van der Waals surface area (Å²) in [5.74, 6) is 0. The summed E-state index contributed by atoms with van der Waals surface area (Å²) in [6, 6.07) is 0. The topological polar surface area (TPSA) is 0 Å². The van der Waals surface area contributed by atoms with Crippen LogP contribution >= 0.6 is 0 Å². The Balaban J connectivity index is -0.0000000611. The highest BCUT2D eigenvalue weighted by Gasteiger charge is 2.21. The molecule has 0 spiro atoms. The molecule has 76 heavy (non-hydrogen) atoms. The van der Waals surface area contributed by atoms with Crippen molar-refractivity contribution in [1.82, 2.24) is 0 Å². The van der Waals surface area contributed by atoms with E-state index in [-0.39, 0.29) is 54.0 Å². The standard InChI is InChI=1S/8C8H20N.4S/c8*1-5-9(6-2,7-3)8-4;;;;/h8*5-8H2,1-4H3;;;;/q8*+1;4*-2. The SMILES string of the molecule is CC[N+](CC)(CC)CC.CC[N+](CC)(CC)CC.CC[N+](CC)(CC)CC.CC[N+](CC)(CC)CC.CC[N+](CC)(CC)CC.CC[N+](CC)(CC)CC.CC[N+](CC)(CC)CC.CC[N+](CC)(CC)CC.[S-2].[S-2].[S-2].[S-2]. The van der Waals surface area contributed by atoms with Gasteiger partial charge in [-0.3, -0.25) is 0 Å². The number of hydrogen-bond acceptors (Lipinski definition) is 0. The van der Waals surface area contributed by atoms with Crippen molar-refractivity contribution in [3.63, 3.8) is 0 Å². The molecule has 0 N–H and O–H groups in total. The zero-order valence-corrected chi connectivity index (χ0v) is 63.1. The van der Waals surface area contributed by atoms with Gasteiger partial charge in [0.2, 0.25) is 0 Å². The van der Waals surface area contributed by atoms with Gasteiger partial charge in [0, 0.05) is 0 Å². The maximum atomic E-state index is 2.27. The first kappa shape index (κ1) is 105. The van der Waals surface area contributed by atoms with Crippen molar-refractivity contribution < 1.29 is 35.9 Å². The molecule has 0 aliphatic carbocycles. The van der Waals surface area contributed by atoms with Crippen LogP contribution in [0.5, 0.6) is 0 Å². The number of hydrogen-bond donors (Lipinski definition) is 0. The average Bonchev–Trinajstić information content (AvgIpc) is 3.46. The maximum Gasteiger partial charge on any atom is 0.0757 e. The van der Waals surface area contributed by atoms with Crippen molar-refractivity contribution in [1.29, 1.82) is 0 Å². The number of rotatable bonds is 32. The second-order valence-electron chi connectivity index (χ2n) is 20.9. The maximum absolute atomic E-state index is 2.27. The molecule has 0 heterocycles. The van der Waals surface area contributed by atoms with Crippen molar-refractivity contribution in [2.24, 2.45) is 0 Å². The largest absolute Gasteiger partial charge is 2.00 e. The van der Waals surface area contributed by atoms with Gasteiger partial charge in [0.25, 0.3) is 0 Å². The first-order chi connectivity index (χ1) is 33.9. The molecular formula is C64H160N8S4. The Kier molecular flexibility index (Phi) is 90.4. The van der Waals surface area contributed by atoms with E-state index in [0.29, 0.717) is 0 Å². The van der Waals surface area contributed by atoms with Gasteiger partial charge in [-0.05, 0) is 222 Å². The lowest BCUT2D eigenvalue weighted by molar-refractivity contribution is -0.921. The molecule has 0 aromatic rings. The molecule has 480 valence electrons. The molecule has 0 fully saturated rings. The highest BCUT2D eigenvalue weighted by molar-refractivity contribution is 7.37. The number of nitrogens with zero attached hydrogens (tertiary/aromatic N) is 8. The third-order valence-corrected chi connectivity index (χ3v) is 21.5. The van der Waals surface area contributed by atoms with Crippen LogP contribution in [0.1, 0.15) is 222 Å². The molecule has 0 saturated heterocycles. The molecule has 0 radical (unpaired) electrons. The summed E-state index contributed by atoms with van der Waals surface area (Å²) in [7, 11) is 0. The highest BCUT2D eigenvalue weighted by atomic mass is 32.1. The Labute approximate surface area is 517 Å².